The molecule has 5 rings (SSSR count). The molecule has 0 radical (unpaired) electrons. The first-order chi connectivity index (χ1) is 12.6. The van der Waals surface area contributed by atoms with Gasteiger partial charge in [0, 0.05) is 17.9 Å². The summed E-state index contributed by atoms with van der Waals surface area (Å²) in [5.74, 6) is 2.51. The third-order valence-electron chi connectivity index (χ3n) is 7.30. The fourth-order valence-electron chi connectivity index (χ4n) is 5.82. The van der Waals surface area contributed by atoms with E-state index >= 15 is 0 Å². The van der Waals surface area contributed by atoms with E-state index in [4.69, 9.17) is 4.74 Å². The molecule has 3 saturated carbocycles. The Bertz CT molecular complexity index is 752. The van der Waals surface area contributed by atoms with Gasteiger partial charge in [0.25, 0.3) is 0 Å². The molecule has 0 aromatic heterocycles. The molecule has 0 saturated heterocycles. The van der Waals surface area contributed by atoms with Gasteiger partial charge in [-0.05, 0) is 62.5 Å². The molecule has 3 fully saturated rings. The fourth-order valence-corrected chi connectivity index (χ4v) is 5.82. The van der Waals surface area contributed by atoms with Crippen molar-refractivity contribution in [2.75, 3.05) is 0 Å². The highest BCUT2D eigenvalue weighted by atomic mass is 16.5. The average molecular weight is 353 g/mol. The minimum absolute atomic E-state index is 0.0427. The molecule has 26 heavy (non-hydrogen) atoms. The third kappa shape index (κ3) is 2.49. The molecule has 1 aromatic carbocycles. The normalized spacial score (nSPS) is 40.5. The molecular formula is C22H27NO3. The lowest BCUT2D eigenvalue weighted by molar-refractivity contribution is -0.125. The lowest BCUT2D eigenvalue weighted by Gasteiger charge is -2.37. The van der Waals surface area contributed by atoms with Crippen molar-refractivity contribution in [3.63, 3.8) is 0 Å². The number of fused-ring (bicyclic) bond motifs is 3. The number of carbonyl (C=O) groups excluding carboxylic acids is 2. The van der Waals surface area contributed by atoms with E-state index in [1.807, 2.05) is 24.3 Å². The van der Waals surface area contributed by atoms with Crippen LogP contribution in [-0.2, 0) is 4.79 Å². The molecule has 1 spiro atoms. The summed E-state index contributed by atoms with van der Waals surface area (Å²) >= 11 is 0. The van der Waals surface area contributed by atoms with Crippen molar-refractivity contribution < 1.29 is 14.3 Å². The van der Waals surface area contributed by atoms with E-state index in [1.165, 1.54) is 12.8 Å². The number of para-hydroxylation sites is 1. The first-order valence-electron chi connectivity index (χ1n) is 10.2. The number of nitrogens with one attached hydrogen (secondary N) is 1. The van der Waals surface area contributed by atoms with Gasteiger partial charge in [0.1, 0.15) is 11.4 Å². The molecule has 1 N–H and O–H groups in total. The maximum absolute atomic E-state index is 12.9. The van der Waals surface area contributed by atoms with E-state index < -0.39 is 5.60 Å². The first kappa shape index (κ1) is 16.3. The summed E-state index contributed by atoms with van der Waals surface area (Å²) in [4.78, 5) is 25.5. The minimum Gasteiger partial charge on any atom is -0.486 e. The molecule has 138 valence electrons. The van der Waals surface area contributed by atoms with Gasteiger partial charge in [0.15, 0.2) is 5.78 Å². The Morgan fingerprint density at radius 2 is 1.92 bits per heavy atom. The van der Waals surface area contributed by atoms with Crippen molar-refractivity contribution in [1.29, 1.82) is 0 Å². The van der Waals surface area contributed by atoms with Gasteiger partial charge in [-0.2, -0.15) is 0 Å². The van der Waals surface area contributed by atoms with Gasteiger partial charge < -0.3 is 10.1 Å². The van der Waals surface area contributed by atoms with Crippen LogP contribution in [0.3, 0.4) is 0 Å². The highest BCUT2D eigenvalue weighted by Crippen LogP contribution is 2.65. The highest BCUT2D eigenvalue weighted by molar-refractivity contribution is 6.00. The van der Waals surface area contributed by atoms with Crippen LogP contribution in [0.1, 0.15) is 62.2 Å². The number of Topliss-reactive ketones (excluding diaryl/α,β-unsaturated/α-hetero) is 1. The van der Waals surface area contributed by atoms with Gasteiger partial charge >= 0.3 is 0 Å². The van der Waals surface area contributed by atoms with Gasteiger partial charge in [-0.25, -0.2) is 0 Å². The summed E-state index contributed by atoms with van der Waals surface area (Å²) in [6.45, 7) is 2.29. The minimum atomic E-state index is -0.445. The van der Waals surface area contributed by atoms with Crippen LogP contribution in [0.15, 0.2) is 24.3 Å². The highest BCUT2D eigenvalue weighted by Gasteiger charge is 2.70. The van der Waals surface area contributed by atoms with Crippen LogP contribution in [-0.4, -0.2) is 23.3 Å². The summed E-state index contributed by atoms with van der Waals surface area (Å²) in [6, 6.07) is 7.87. The molecule has 0 unspecified atom stereocenters. The van der Waals surface area contributed by atoms with Crippen molar-refractivity contribution >= 4 is 11.7 Å². The zero-order chi connectivity index (χ0) is 17.9. The van der Waals surface area contributed by atoms with Crippen LogP contribution < -0.4 is 10.1 Å². The summed E-state index contributed by atoms with van der Waals surface area (Å²) in [5, 5.41) is 3.30. The fraction of sp³-hybridized carbons (Fsp3) is 0.636. The Balaban J connectivity index is 1.30. The molecule has 4 atom stereocenters. The SMILES string of the molecule is CC1CCC(NC(=O)[C@H]2[C@@H]3CC[C@@]4(CC(=O)c5ccccc5O4)[C@@H]32)CC1. The van der Waals surface area contributed by atoms with Gasteiger partial charge in [-0.3, -0.25) is 9.59 Å². The summed E-state index contributed by atoms with van der Waals surface area (Å²) in [5.41, 5.74) is 0.249. The monoisotopic (exact) mass is 353 g/mol. The van der Waals surface area contributed by atoms with Crippen LogP contribution in [0.2, 0.25) is 0 Å². The summed E-state index contributed by atoms with van der Waals surface area (Å²) < 4.78 is 6.39. The second kappa shape index (κ2) is 5.83. The maximum atomic E-state index is 12.9. The Kier molecular flexibility index (Phi) is 3.67. The Morgan fingerprint density at radius 1 is 1.15 bits per heavy atom. The molecule has 0 bridgehead atoms. The molecule has 1 aliphatic heterocycles. The molecular weight excluding hydrogens is 326 g/mol. The van der Waals surface area contributed by atoms with E-state index in [2.05, 4.69) is 12.2 Å². The molecule has 4 nitrogen and oxygen atoms in total. The number of carbonyl (C=O) groups is 2. The van der Waals surface area contributed by atoms with E-state index in [-0.39, 0.29) is 23.5 Å². The van der Waals surface area contributed by atoms with Gasteiger partial charge in [0.05, 0.1) is 12.0 Å². The maximum Gasteiger partial charge on any atom is 0.224 e. The third-order valence-corrected chi connectivity index (χ3v) is 7.30. The van der Waals surface area contributed by atoms with Crippen LogP contribution in [0.5, 0.6) is 5.75 Å². The molecule has 1 heterocycles. The Hall–Kier alpha value is -1.84. The van der Waals surface area contributed by atoms with E-state index in [0.29, 0.717) is 29.7 Å². The number of hydrogen-bond donors (Lipinski definition) is 1. The molecule has 3 aliphatic carbocycles. The first-order valence-corrected chi connectivity index (χ1v) is 10.2. The molecule has 4 heteroatoms. The van der Waals surface area contributed by atoms with Crippen LogP contribution in [0.25, 0.3) is 0 Å². The average Bonchev–Trinajstić information content (AvgIpc) is 3.29. The Labute approximate surface area is 154 Å². The van der Waals surface area contributed by atoms with Crippen LogP contribution in [0, 0.1) is 23.7 Å². The predicted octanol–water partition coefficient (Wildman–Crippen LogP) is 3.74. The Morgan fingerprint density at radius 3 is 2.73 bits per heavy atom. The van der Waals surface area contributed by atoms with Crippen molar-refractivity contribution in [2.24, 2.45) is 23.7 Å². The van der Waals surface area contributed by atoms with E-state index in [9.17, 15) is 9.59 Å². The standard InChI is InChI=1S/C22H27NO3/c1-13-6-8-14(9-7-13)23-21(25)19-16-10-11-22(20(16)19)12-17(24)15-4-2-3-5-18(15)26-22/h2-5,13-14,16,19-20H,6-12H2,1H3,(H,23,25)/t13?,14?,16-,19-,20-,22+/m0/s1. The van der Waals surface area contributed by atoms with Gasteiger partial charge in [0.2, 0.25) is 5.91 Å². The number of rotatable bonds is 2. The van der Waals surface area contributed by atoms with Crippen molar-refractivity contribution in [3.8, 4) is 5.75 Å². The second-order valence-electron chi connectivity index (χ2n) is 8.98. The predicted molar refractivity (Wildman–Crippen MR) is 98.0 cm³/mol. The summed E-state index contributed by atoms with van der Waals surface area (Å²) in [7, 11) is 0. The van der Waals surface area contributed by atoms with Gasteiger partial charge in [-0.15, -0.1) is 0 Å². The van der Waals surface area contributed by atoms with Crippen molar-refractivity contribution in [2.45, 2.75) is 63.5 Å². The second-order valence-corrected chi connectivity index (χ2v) is 8.98. The lowest BCUT2D eigenvalue weighted by Crippen LogP contribution is -2.45. The van der Waals surface area contributed by atoms with Crippen molar-refractivity contribution in [1.82, 2.24) is 5.32 Å². The smallest absolute Gasteiger partial charge is 0.224 e. The van der Waals surface area contributed by atoms with Gasteiger partial charge in [-0.1, -0.05) is 19.1 Å². The topological polar surface area (TPSA) is 55.4 Å². The number of ketones is 1. The number of amides is 1. The zero-order valence-electron chi connectivity index (χ0n) is 15.4. The zero-order valence-corrected chi connectivity index (χ0v) is 15.4. The van der Waals surface area contributed by atoms with Crippen LogP contribution >= 0.6 is 0 Å². The number of ether oxygens (including phenoxy) is 1. The van der Waals surface area contributed by atoms with E-state index in [1.54, 1.807) is 0 Å². The van der Waals surface area contributed by atoms with Crippen molar-refractivity contribution in [3.05, 3.63) is 29.8 Å². The van der Waals surface area contributed by atoms with Crippen LogP contribution in [0.4, 0.5) is 0 Å². The molecule has 1 aromatic rings. The lowest BCUT2D eigenvalue weighted by atomic mass is 9.84. The van der Waals surface area contributed by atoms with E-state index in [0.717, 1.165) is 31.6 Å². The number of hydrogen-bond acceptors (Lipinski definition) is 3. The molecule has 4 aliphatic rings. The largest absolute Gasteiger partial charge is 0.486 e. The number of benzene rings is 1. The quantitative estimate of drug-likeness (QED) is 0.881. The molecule has 1 amide bonds. The summed E-state index contributed by atoms with van der Waals surface area (Å²) in [6.07, 6.45) is 6.94.